The highest BCUT2D eigenvalue weighted by Gasteiger charge is 2.29. The Balaban J connectivity index is 1.93. The quantitative estimate of drug-likeness (QED) is 0.535. The van der Waals surface area contributed by atoms with Crippen molar-refractivity contribution in [2.75, 3.05) is 32.8 Å². The van der Waals surface area contributed by atoms with Crippen molar-refractivity contribution in [2.45, 2.75) is 24.7 Å². The highest BCUT2D eigenvalue weighted by Crippen LogP contribution is 2.20. The molecule has 2 amide bonds. The molecule has 0 fully saturated rings. The van der Waals surface area contributed by atoms with Gasteiger partial charge in [-0.2, -0.15) is 4.31 Å². The van der Waals surface area contributed by atoms with Gasteiger partial charge in [-0.1, -0.05) is 11.6 Å². The summed E-state index contributed by atoms with van der Waals surface area (Å²) >= 11 is 0. The molecule has 1 aliphatic heterocycles. The van der Waals surface area contributed by atoms with Crippen LogP contribution in [0.3, 0.4) is 0 Å². The fourth-order valence-corrected chi connectivity index (χ4v) is 5.26. The van der Waals surface area contributed by atoms with Crippen molar-refractivity contribution in [2.24, 2.45) is 14.1 Å². The van der Waals surface area contributed by atoms with Gasteiger partial charge < -0.3 is 19.9 Å². The molecular formula is C22H29N5O7S. The molecule has 1 aromatic carbocycles. The van der Waals surface area contributed by atoms with Gasteiger partial charge in [0.1, 0.15) is 12.4 Å². The summed E-state index contributed by atoms with van der Waals surface area (Å²) in [5.41, 5.74) is -0.491. The number of aromatic nitrogens is 2. The number of hydrogen-bond acceptors (Lipinski definition) is 7. The number of carbonyl (C=O) groups is 2. The number of hydrogen-bond donors (Lipinski definition) is 2. The van der Waals surface area contributed by atoms with Crippen LogP contribution in [0.15, 0.2) is 38.9 Å². The maximum atomic E-state index is 13.4. The number of fused-ring (bicyclic) bond motifs is 1. The lowest BCUT2D eigenvalue weighted by Gasteiger charge is -2.22. The molecule has 0 aliphatic carbocycles. The number of benzene rings is 1. The summed E-state index contributed by atoms with van der Waals surface area (Å²) in [5.74, 6) is -0.384. The summed E-state index contributed by atoms with van der Waals surface area (Å²) in [6.07, 6.45) is 1.22. The average molecular weight is 508 g/mol. The lowest BCUT2D eigenvalue weighted by Crippen LogP contribution is -2.44. The molecule has 13 heteroatoms. The van der Waals surface area contributed by atoms with Gasteiger partial charge in [0.15, 0.2) is 4.90 Å². The van der Waals surface area contributed by atoms with Gasteiger partial charge in [-0.15, -0.1) is 0 Å². The van der Waals surface area contributed by atoms with Crippen molar-refractivity contribution in [3.63, 3.8) is 0 Å². The lowest BCUT2D eigenvalue weighted by atomic mass is 10.1. The fraction of sp³-hybridized carbons (Fsp3) is 0.455. The Morgan fingerprint density at radius 2 is 1.74 bits per heavy atom. The van der Waals surface area contributed by atoms with E-state index in [2.05, 4.69) is 10.6 Å². The Labute approximate surface area is 202 Å². The molecule has 0 saturated carbocycles. The van der Waals surface area contributed by atoms with Crippen molar-refractivity contribution in [3.8, 4) is 5.75 Å². The highest BCUT2D eigenvalue weighted by atomic mass is 32.2. The first-order valence-corrected chi connectivity index (χ1v) is 12.5. The average Bonchev–Trinajstić information content (AvgIpc) is 2.82. The standard InChI is InChI=1S/C22H29N5O7S/c1-15-6-7-17-16(13-15)20(29)24-8-11-27(10-4-5-19(28)23-9-12-34-17)35(32,33)18-14-25(2)22(31)26(3)21(18)30/h6-7,13-14H,4-5,8-12H2,1-3H3,(H,23,28)(H,24,29). The summed E-state index contributed by atoms with van der Waals surface area (Å²) < 4.78 is 35.2. The summed E-state index contributed by atoms with van der Waals surface area (Å²) in [6, 6.07) is 5.11. The molecule has 2 heterocycles. The van der Waals surface area contributed by atoms with Crippen LogP contribution in [0.2, 0.25) is 0 Å². The van der Waals surface area contributed by atoms with E-state index in [1.807, 2.05) is 6.92 Å². The van der Waals surface area contributed by atoms with Crippen LogP contribution in [0.25, 0.3) is 0 Å². The van der Waals surface area contributed by atoms with Gasteiger partial charge in [0.2, 0.25) is 15.9 Å². The van der Waals surface area contributed by atoms with Crippen LogP contribution in [0.4, 0.5) is 0 Å². The van der Waals surface area contributed by atoms with Crippen LogP contribution >= 0.6 is 0 Å². The predicted octanol–water partition coefficient (Wildman–Crippen LogP) is -0.898. The number of carbonyl (C=O) groups excluding carboxylic acids is 2. The fourth-order valence-electron chi connectivity index (χ4n) is 3.64. The topological polar surface area (TPSA) is 149 Å². The van der Waals surface area contributed by atoms with E-state index in [4.69, 9.17) is 4.74 Å². The Hall–Kier alpha value is -3.45. The minimum atomic E-state index is -4.34. The SMILES string of the molecule is Cc1ccc2c(c1)C(=O)NCCN(S(=O)(=O)c1cn(C)c(=O)n(C)c1=O)CCCC(=O)NCCO2. The second kappa shape index (κ2) is 10.9. The van der Waals surface area contributed by atoms with Crippen molar-refractivity contribution >= 4 is 21.8 Å². The molecule has 1 aliphatic rings. The molecule has 0 unspecified atom stereocenters. The van der Waals surface area contributed by atoms with Crippen LogP contribution in [-0.4, -0.2) is 66.5 Å². The maximum Gasteiger partial charge on any atom is 0.330 e. The molecule has 0 spiro atoms. The number of nitrogens with one attached hydrogen (secondary N) is 2. The third-order valence-corrected chi connectivity index (χ3v) is 7.43. The number of sulfonamides is 1. The molecule has 12 nitrogen and oxygen atoms in total. The number of amides is 2. The van der Waals surface area contributed by atoms with E-state index >= 15 is 0 Å². The smallest absolute Gasteiger partial charge is 0.330 e. The summed E-state index contributed by atoms with van der Waals surface area (Å²) in [6.45, 7) is 1.93. The Bertz CT molecular complexity index is 1350. The van der Waals surface area contributed by atoms with Gasteiger partial charge in [-0.3, -0.25) is 19.0 Å². The first kappa shape index (κ1) is 26.2. The zero-order valence-corrected chi connectivity index (χ0v) is 20.7. The van der Waals surface area contributed by atoms with Crippen LogP contribution < -0.4 is 26.6 Å². The van der Waals surface area contributed by atoms with Crippen LogP contribution in [-0.2, 0) is 28.9 Å². The summed E-state index contributed by atoms with van der Waals surface area (Å²) in [4.78, 5) is 49.0. The van der Waals surface area contributed by atoms with E-state index in [-0.39, 0.29) is 57.1 Å². The van der Waals surface area contributed by atoms with Crippen LogP contribution in [0.5, 0.6) is 5.75 Å². The zero-order chi connectivity index (χ0) is 25.8. The number of ether oxygens (including phenoxy) is 1. The molecule has 2 aromatic rings. The monoisotopic (exact) mass is 507 g/mol. The number of nitrogens with zero attached hydrogens (tertiary/aromatic N) is 3. The summed E-state index contributed by atoms with van der Waals surface area (Å²) in [5, 5.41) is 5.40. The molecule has 0 bridgehead atoms. The van der Waals surface area contributed by atoms with E-state index in [1.54, 1.807) is 18.2 Å². The van der Waals surface area contributed by atoms with Gasteiger partial charge in [0.05, 0.1) is 12.1 Å². The minimum absolute atomic E-state index is 0.0519. The van der Waals surface area contributed by atoms with E-state index < -0.39 is 32.1 Å². The second-order valence-corrected chi connectivity index (χ2v) is 10.1. The molecular weight excluding hydrogens is 478 g/mol. The first-order valence-electron chi connectivity index (χ1n) is 11.1. The maximum absolute atomic E-state index is 13.4. The van der Waals surface area contributed by atoms with Crippen molar-refractivity contribution in [1.29, 1.82) is 0 Å². The first-order chi connectivity index (χ1) is 16.5. The molecule has 190 valence electrons. The Kier molecular flexibility index (Phi) is 8.12. The van der Waals surface area contributed by atoms with Gasteiger partial charge in [0.25, 0.3) is 11.5 Å². The van der Waals surface area contributed by atoms with Crippen molar-refractivity contribution in [1.82, 2.24) is 24.1 Å². The molecule has 1 aromatic heterocycles. The van der Waals surface area contributed by atoms with Crippen LogP contribution in [0.1, 0.15) is 28.8 Å². The van der Waals surface area contributed by atoms with E-state index in [9.17, 15) is 27.6 Å². The molecule has 3 rings (SSSR count). The second-order valence-electron chi connectivity index (χ2n) is 8.21. The zero-order valence-electron chi connectivity index (χ0n) is 19.9. The van der Waals surface area contributed by atoms with E-state index in [0.29, 0.717) is 5.75 Å². The van der Waals surface area contributed by atoms with Gasteiger partial charge in [0, 0.05) is 46.3 Å². The van der Waals surface area contributed by atoms with E-state index in [0.717, 1.165) is 25.2 Å². The molecule has 0 radical (unpaired) electrons. The van der Waals surface area contributed by atoms with Crippen molar-refractivity contribution in [3.05, 3.63) is 56.4 Å². The Morgan fingerprint density at radius 3 is 2.49 bits per heavy atom. The largest absolute Gasteiger partial charge is 0.491 e. The van der Waals surface area contributed by atoms with E-state index in [1.165, 1.54) is 14.1 Å². The Morgan fingerprint density at radius 1 is 1.00 bits per heavy atom. The van der Waals surface area contributed by atoms with Gasteiger partial charge in [-0.25, -0.2) is 13.2 Å². The van der Waals surface area contributed by atoms with Crippen molar-refractivity contribution < 1.29 is 22.7 Å². The predicted molar refractivity (Wildman–Crippen MR) is 127 cm³/mol. The number of aryl methyl sites for hydroxylation is 2. The number of rotatable bonds is 2. The van der Waals surface area contributed by atoms with Gasteiger partial charge >= 0.3 is 5.69 Å². The molecule has 0 atom stereocenters. The summed E-state index contributed by atoms with van der Waals surface area (Å²) in [7, 11) is -1.79. The minimum Gasteiger partial charge on any atom is -0.491 e. The third-order valence-electron chi connectivity index (χ3n) is 5.55. The normalized spacial score (nSPS) is 16.8. The molecule has 0 saturated heterocycles. The molecule has 35 heavy (non-hydrogen) atoms. The third kappa shape index (κ3) is 5.98. The highest BCUT2D eigenvalue weighted by molar-refractivity contribution is 7.89. The van der Waals surface area contributed by atoms with Gasteiger partial charge in [-0.05, 0) is 25.5 Å². The lowest BCUT2D eigenvalue weighted by molar-refractivity contribution is -0.121. The van der Waals surface area contributed by atoms with Crippen LogP contribution in [0, 0.1) is 6.92 Å². The molecule has 2 N–H and O–H groups in total.